The Morgan fingerprint density at radius 2 is 1.08 bits per heavy atom. The smallest absolute Gasteiger partial charge is 0.359 e. The number of hydrogen-bond donors (Lipinski definition) is 0. The number of halogens is 2. The van der Waals surface area contributed by atoms with Crippen LogP contribution in [0.1, 0.15) is 0 Å². The maximum Gasteiger partial charge on any atom is 0.359 e. The Labute approximate surface area is 173 Å². The van der Waals surface area contributed by atoms with Gasteiger partial charge in [-0.1, -0.05) is 54.6 Å². The molecule has 0 N–H and O–H groups in total. The first-order valence-electron chi connectivity index (χ1n) is 7.98. The summed E-state index contributed by atoms with van der Waals surface area (Å²) in [5, 5.41) is 3.42. The van der Waals surface area contributed by atoms with Crippen molar-refractivity contribution in [1.29, 1.82) is 0 Å². The van der Waals surface area contributed by atoms with Crippen LogP contribution in [0.25, 0.3) is 0 Å². The lowest BCUT2D eigenvalue weighted by atomic mass is 10.4. The third kappa shape index (κ3) is 3.78. The van der Waals surface area contributed by atoms with E-state index in [4.69, 9.17) is 4.74 Å². The van der Waals surface area contributed by atoms with E-state index >= 15 is 0 Å². The number of alkyl halides is 1. The second-order valence-corrected chi connectivity index (χ2v) is 10.7. The van der Waals surface area contributed by atoms with Gasteiger partial charge >= 0.3 is 5.97 Å². The molecule has 1 atom stereocenters. The van der Waals surface area contributed by atoms with Gasteiger partial charge in [-0.2, -0.15) is 0 Å². The van der Waals surface area contributed by atoms with Crippen molar-refractivity contribution in [2.45, 2.75) is 4.57 Å². The first kappa shape index (κ1) is 20.8. The van der Waals surface area contributed by atoms with Gasteiger partial charge in [0, 0.05) is 0 Å². The van der Waals surface area contributed by atoms with E-state index in [0.29, 0.717) is 0 Å². The van der Waals surface area contributed by atoms with Gasteiger partial charge in [0.15, 0.2) is 0 Å². The lowest BCUT2D eigenvalue weighted by molar-refractivity contribution is -0.138. The molecule has 134 valence electrons. The zero-order valence-corrected chi connectivity index (χ0v) is 18.3. The summed E-state index contributed by atoms with van der Waals surface area (Å²) in [6.45, 7) is 0. The quantitative estimate of drug-likeness (QED) is 0.299. The first-order chi connectivity index (χ1) is 12.2. The van der Waals surface area contributed by atoms with Crippen LogP contribution < -0.4 is 32.9 Å². The molecule has 3 aromatic carbocycles. The minimum atomic E-state index is -2.27. The average Bonchev–Trinajstić information content (AvgIpc) is 2.70. The lowest BCUT2D eigenvalue weighted by Gasteiger charge is -2.30. The molecule has 3 aromatic rings. The number of ether oxygens (including phenoxy) is 1. The van der Waals surface area contributed by atoms with E-state index in [2.05, 4.69) is 52.3 Å². The lowest BCUT2D eigenvalue weighted by Crippen LogP contribution is -3.00. The highest BCUT2D eigenvalue weighted by atomic mass is 79.9. The summed E-state index contributed by atoms with van der Waals surface area (Å²) in [5.41, 5.74) is 0. The molecule has 0 heterocycles. The number of esters is 1. The topological polar surface area (TPSA) is 26.3 Å². The maximum atomic E-state index is 12.6. The fraction of sp³-hybridized carbons (Fsp3) is 0.0952. The Morgan fingerprint density at radius 1 is 0.769 bits per heavy atom. The maximum absolute atomic E-state index is 12.6. The van der Waals surface area contributed by atoms with Gasteiger partial charge in [0.2, 0.25) is 4.57 Å². The second-order valence-electron chi connectivity index (χ2n) is 5.59. The molecular weight excluding hydrogens is 475 g/mol. The summed E-state index contributed by atoms with van der Waals surface area (Å²) in [6, 6.07) is 30.7. The minimum Gasteiger partial charge on any atom is -1.00 e. The van der Waals surface area contributed by atoms with Gasteiger partial charge in [-0.25, -0.2) is 4.79 Å². The van der Waals surface area contributed by atoms with Crippen molar-refractivity contribution < 1.29 is 26.5 Å². The predicted molar refractivity (Wildman–Crippen MR) is 110 cm³/mol. The number of carbonyl (C=O) groups excluding carboxylic acids is 1. The molecule has 2 nitrogen and oxygen atoms in total. The van der Waals surface area contributed by atoms with Crippen molar-refractivity contribution in [1.82, 2.24) is 0 Å². The average molecular weight is 494 g/mol. The van der Waals surface area contributed by atoms with Crippen molar-refractivity contribution >= 4 is 45.1 Å². The van der Waals surface area contributed by atoms with Gasteiger partial charge in [-0.3, -0.25) is 0 Å². The molecule has 0 spiro atoms. The number of benzene rings is 3. The van der Waals surface area contributed by atoms with E-state index in [1.807, 2.05) is 54.6 Å². The fourth-order valence-corrected chi connectivity index (χ4v) is 9.43. The van der Waals surface area contributed by atoms with Crippen molar-refractivity contribution in [2.75, 3.05) is 7.11 Å². The Balaban J connectivity index is 0.00000243. The molecule has 0 aliphatic rings. The standard InChI is InChI=1S/C21H19BrO2P.BrH/c1-24-21(23)20(22)25(17-11-5-2-6-12-17,18-13-7-3-8-14-18)19-15-9-4-10-16-19;/h2-16,20H,1H3;1H/q+1;/p-1. The van der Waals surface area contributed by atoms with E-state index in [1.165, 1.54) is 7.11 Å². The molecule has 0 fully saturated rings. The van der Waals surface area contributed by atoms with Gasteiger partial charge in [0.05, 0.1) is 7.11 Å². The van der Waals surface area contributed by atoms with Crippen LogP contribution in [-0.4, -0.2) is 17.6 Å². The van der Waals surface area contributed by atoms with Crippen molar-refractivity contribution in [3.05, 3.63) is 91.0 Å². The van der Waals surface area contributed by atoms with Crippen LogP contribution in [0.3, 0.4) is 0 Å². The molecule has 0 radical (unpaired) electrons. The van der Waals surface area contributed by atoms with Crippen LogP contribution in [0.15, 0.2) is 91.0 Å². The van der Waals surface area contributed by atoms with E-state index in [0.717, 1.165) is 15.9 Å². The normalized spacial score (nSPS) is 11.9. The SMILES string of the molecule is COC(=O)C(Br)[P+](c1ccccc1)(c1ccccc1)c1ccccc1.[Br-]. The molecule has 0 amide bonds. The van der Waals surface area contributed by atoms with Crippen LogP contribution in [0.4, 0.5) is 0 Å². The number of hydrogen-bond acceptors (Lipinski definition) is 2. The van der Waals surface area contributed by atoms with Gasteiger partial charge in [0.25, 0.3) is 0 Å². The predicted octanol–water partition coefficient (Wildman–Crippen LogP) is 0.878. The van der Waals surface area contributed by atoms with Crippen molar-refractivity contribution in [2.24, 2.45) is 0 Å². The largest absolute Gasteiger partial charge is 1.00 e. The molecule has 0 saturated heterocycles. The van der Waals surface area contributed by atoms with Gasteiger partial charge in [-0.15, -0.1) is 0 Å². The highest BCUT2D eigenvalue weighted by molar-refractivity contribution is 9.11. The molecule has 0 aromatic heterocycles. The number of carbonyl (C=O) groups is 1. The van der Waals surface area contributed by atoms with Crippen molar-refractivity contribution in [3.8, 4) is 0 Å². The van der Waals surface area contributed by atoms with Gasteiger partial charge in [0.1, 0.15) is 23.2 Å². The Kier molecular flexibility index (Phi) is 7.57. The van der Waals surface area contributed by atoms with E-state index < -0.39 is 11.8 Å². The van der Waals surface area contributed by atoms with Crippen LogP contribution in [0, 0.1) is 0 Å². The molecule has 0 saturated carbocycles. The molecule has 3 rings (SSSR count). The molecule has 0 aliphatic carbocycles. The van der Waals surface area contributed by atoms with Gasteiger partial charge < -0.3 is 21.7 Å². The van der Waals surface area contributed by atoms with Gasteiger partial charge in [-0.05, 0) is 52.3 Å². The first-order valence-corrected chi connectivity index (χ1v) is 10.8. The Bertz CT molecular complexity index is 730. The molecule has 26 heavy (non-hydrogen) atoms. The number of methoxy groups -OCH3 is 1. The van der Waals surface area contributed by atoms with E-state index in [9.17, 15) is 4.79 Å². The third-order valence-electron chi connectivity index (χ3n) is 4.23. The second kappa shape index (κ2) is 9.45. The monoisotopic (exact) mass is 492 g/mol. The molecule has 0 bridgehead atoms. The van der Waals surface area contributed by atoms with Crippen LogP contribution >= 0.6 is 23.2 Å². The Hall–Kier alpha value is -1.48. The summed E-state index contributed by atoms with van der Waals surface area (Å²) >= 11 is 3.71. The summed E-state index contributed by atoms with van der Waals surface area (Å²) in [5.74, 6) is -0.259. The van der Waals surface area contributed by atoms with E-state index in [1.54, 1.807) is 0 Å². The molecule has 5 heteroatoms. The van der Waals surface area contributed by atoms with E-state index in [-0.39, 0.29) is 23.0 Å². The highest BCUT2D eigenvalue weighted by Crippen LogP contribution is 2.62. The fourth-order valence-electron chi connectivity index (χ4n) is 3.08. The minimum absolute atomic E-state index is 0. The number of rotatable bonds is 5. The summed E-state index contributed by atoms with van der Waals surface area (Å²) in [7, 11) is -0.838. The summed E-state index contributed by atoms with van der Waals surface area (Å²) in [6.07, 6.45) is 0. The highest BCUT2D eigenvalue weighted by Gasteiger charge is 2.55. The summed E-state index contributed by atoms with van der Waals surface area (Å²) in [4.78, 5) is 12.6. The zero-order valence-electron chi connectivity index (χ0n) is 14.3. The summed E-state index contributed by atoms with van der Waals surface area (Å²) < 4.78 is 4.66. The molecule has 0 aliphatic heterocycles. The van der Waals surface area contributed by atoms with Crippen LogP contribution in [0.5, 0.6) is 0 Å². The third-order valence-corrected chi connectivity index (χ3v) is 10.7. The molecule has 1 unspecified atom stereocenters. The van der Waals surface area contributed by atoms with Crippen molar-refractivity contribution in [3.63, 3.8) is 0 Å². The Morgan fingerprint density at radius 3 is 1.35 bits per heavy atom. The van der Waals surface area contributed by atoms with Crippen LogP contribution in [0.2, 0.25) is 0 Å². The van der Waals surface area contributed by atoms with Crippen LogP contribution in [-0.2, 0) is 9.53 Å². The zero-order chi connectivity index (χ0) is 17.7. The molecular formula is C21H19Br2O2P.